The summed E-state index contributed by atoms with van der Waals surface area (Å²) in [7, 11) is 0. The molecule has 94 valence electrons. The fraction of sp³-hybridized carbons (Fsp3) is 0.375. The van der Waals surface area contributed by atoms with Gasteiger partial charge in [-0.05, 0) is 59.5 Å². The quantitative estimate of drug-likeness (QED) is 0.788. The standard InChI is InChI=1S/C16H18OS/c17-15-9-8-13(16-7-4-10-18-16)11-14(15)12-5-2-1-3-6-12/h4,7-12,17H,1-3,5-6H2. The summed E-state index contributed by atoms with van der Waals surface area (Å²) in [5.74, 6) is 1.03. The van der Waals surface area contributed by atoms with Crippen molar-refractivity contribution >= 4 is 11.3 Å². The van der Waals surface area contributed by atoms with E-state index in [0.717, 1.165) is 5.56 Å². The molecule has 0 atom stereocenters. The molecule has 0 aliphatic heterocycles. The third-order valence-corrected chi connectivity index (χ3v) is 4.80. The van der Waals surface area contributed by atoms with E-state index in [1.165, 1.54) is 42.5 Å². The zero-order valence-electron chi connectivity index (χ0n) is 10.4. The van der Waals surface area contributed by atoms with Crippen LogP contribution in [0.5, 0.6) is 5.75 Å². The van der Waals surface area contributed by atoms with Gasteiger partial charge < -0.3 is 5.11 Å². The predicted molar refractivity (Wildman–Crippen MR) is 77.2 cm³/mol. The topological polar surface area (TPSA) is 20.2 Å². The molecule has 0 bridgehead atoms. The number of phenolic OH excluding ortho intramolecular Hbond substituents is 1. The molecule has 0 radical (unpaired) electrons. The fourth-order valence-corrected chi connectivity index (χ4v) is 3.62. The van der Waals surface area contributed by atoms with Crippen molar-refractivity contribution in [1.82, 2.24) is 0 Å². The lowest BCUT2D eigenvalue weighted by atomic mass is 9.83. The minimum absolute atomic E-state index is 0.474. The van der Waals surface area contributed by atoms with Gasteiger partial charge in [0.1, 0.15) is 5.75 Å². The molecular weight excluding hydrogens is 240 g/mol. The molecule has 1 aliphatic carbocycles. The van der Waals surface area contributed by atoms with E-state index >= 15 is 0 Å². The maximum Gasteiger partial charge on any atom is 0.119 e. The van der Waals surface area contributed by atoms with Crippen LogP contribution in [0.4, 0.5) is 0 Å². The monoisotopic (exact) mass is 258 g/mol. The van der Waals surface area contributed by atoms with Crippen LogP contribution in [-0.2, 0) is 0 Å². The summed E-state index contributed by atoms with van der Waals surface area (Å²) in [6.45, 7) is 0. The minimum atomic E-state index is 0.474. The molecule has 1 aromatic heterocycles. The number of benzene rings is 1. The molecule has 0 unspecified atom stereocenters. The van der Waals surface area contributed by atoms with Crippen LogP contribution in [0.3, 0.4) is 0 Å². The van der Waals surface area contributed by atoms with Crippen LogP contribution in [0, 0.1) is 0 Å². The van der Waals surface area contributed by atoms with Gasteiger partial charge in [-0.1, -0.05) is 25.3 Å². The second kappa shape index (κ2) is 5.15. The molecule has 1 N–H and O–H groups in total. The Balaban J connectivity index is 1.95. The van der Waals surface area contributed by atoms with Crippen LogP contribution in [0.25, 0.3) is 10.4 Å². The van der Waals surface area contributed by atoms with E-state index in [1.807, 2.05) is 12.1 Å². The highest BCUT2D eigenvalue weighted by Gasteiger charge is 2.19. The first-order valence-electron chi connectivity index (χ1n) is 6.71. The SMILES string of the molecule is Oc1ccc(-c2cccs2)cc1C1CCCCC1. The first-order valence-corrected chi connectivity index (χ1v) is 7.59. The van der Waals surface area contributed by atoms with E-state index < -0.39 is 0 Å². The van der Waals surface area contributed by atoms with Crippen LogP contribution < -0.4 is 0 Å². The highest BCUT2D eigenvalue weighted by molar-refractivity contribution is 7.13. The molecule has 1 nitrogen and oxygen atoms in total. The summed E-state index contributed by atoms with van der Waals surface area (Å²) in [5, 5.41) is 12.2. The van der Waals surface area contributed by atoms with Gasteiger partial charge in [0.05, 0.1) is 0 Å². The van der Waals surface area contributed by atoms with E-state index in [2.05, 4.69) is 23.6 Å². The van der Waals surface area contributed by atoms with Crippen LogP contribution in [0.2, 0.25) is 0 Å². The molecule has 0 spiro atoms. The average molecular weight is 258 g/mol. The summed E-state index contributed by atoms with van der Waals surface area (Å²) in [5.41, 5.74) is 2.39. The molecule has 3 rings (SSSR count). The Hall–Kier alpha value is -1.28. The van der Waals surface area contributed by atoms with Crippen molar-refractivity contribution in [3.63, 3.8) is 0 Å². The zero-order chi connectivity index (χ0) is 12.4. The van der Waals surface area contributed by atoms with Crippen LogP contribution in [0.1, 0.15) is 43.6 Å². The van der Waals surface area contributed by atoms with Gasteiger partial charge in [0.25, 0.3) is 0 Å². The first-order chi connectivity index (χ1) is 8.84. The fourth-order valence-electron chi connectivity index (χ4n) is 2.89. The van der Waals surface area contributed by atoms with Crippen molar-refractivity contribution in [3.05, 3.63) is 41.3 Å². The van der Waals surface area contributed by atoms with Crippen molar-refractivity contribution in [2.24, 2.45) is 0 Å². The minimum Gasteiger partial charge on any atom is -0.508 e. The molecule has 1 saturated carbocycles. The van der Waals surface area contributed by atoms with E-state index in [1.54, 1.807) is 11.3 Å². The number of hydrogen-bond acceptors (Lipinski definition) is 2. The number of rotatable bonds is 2. The molecule has 1 aliphatic rings. The van der Waals surface area contributed by atoms with Gasteiger partial charge in [-0.2, -0.15) is 0 Å². The Morgan fingerprint density at radius 3 is 2.61 bits per heavy atom. The molecule has 1 aromatic carbocycles. The maximum atomic E-state index is 10.1. The molecule has 2 heteroatoms. The first kappa shape index (κ1) is 11.8. The molecule has 18 heavy (non-hydrogen) atoms. The lowest BCUT2D eigenvalue weighted by molar-refractivity contribution is 0.414. The Bertz CT molecular complexity index is 510. The molecule has 1 heterocycles. The second-order valence-electron chi connectivity index (χ2n) is 5.09. The molecule has 1 fully saturated rings. The van der Waals surface area contributed by atoms with E-state index in [9.17, 15) is 5.11 Å². The van der Waals surface area contributed by atoms with Gasteiger partial charge in [-0.3, -0.25) is 0 Å². The summed E-state index contributed by atoms with van der Waals surface area (Å²) in [6, 6.07) is 10.3. The number of thiophene rings is 1. The van der Waals surface area contributed by atoms with E-state index in [4.69, 9.17) is 0 Å². The van der Waals surface area contributed by atoms with E-state index in [0.29, 0.717) is 11.7 Å². The highest BCUT2D eigenvalue weighted by atomic mass is 32.1. The summed E-state index contributed by atoms with van der Waals surface area (Å²) >= 11 is 1.76. The van der Waals surface area contributed by atoms with Crippen molar-refractivity contribution in [1.29, 1.82) is 0 Å². The lowest BCUT2D eigenvalue weighted by Gasteiger charge is -2.23. The van der Waals surface area contributed by atoms with Gasteiger partial charge in [0.15, 0.2) is 0 Å². The zero-order valence-corrected chi connectivity index (χ0v) is 11.2. The van der Waals surface area contributed by atoms with Gasteiger partial charge in [0, 0.05) is 4.88 Å². The van der Waals surface area contributed by atoms with Crippen LogP contribution >= 0.6 is 11.3 Å². The van der Waals surface area contributed by atoms with Gasteiger partial charge >= 0.3 is 0 Å². The summed E-state index contributed by atoms with van der Waals surface area (Å²) < 4.78 is 0. The predicted octanol–water partition coefficient (Wildman–Crippen LogP) is 5.17. The Kier molecular flexibility index (Phi) is 3.37. The second-order valence-corrected chi connectivity index (χ2v) is 6.03. The highest BCUT2D eigenvalue weighted by Crippen LogP contribution is 2.39. The Labute approximate surface area is 112 Å². The smallest absolute Gasteiger partial charge is 0.119 e. The number of phenols is 1. The molecule has 2 aromatic rings. The van der Waals surface area contributed by atoms with Gasteiger partial charge in [-0.15, -0.1) is 11.3 Å². The maximum absolute atomic E-state index is 10.1. The third-order valence-electron chi connectivity index (χ3n) is 3.88. The van der Waals surface area contributed by atoms with Gasteiger partial charge in [-0.25, -0.2) is 0 Å². The van der Waals surface area contributed by atoms with Crippen molar-refractivity contribution in [2.45, 2.75) is 38.0 Å². The third kappa shape index (κ3) is 2.30. The molecule has 0 amide bonds. The van der Waals surface area contributed by atoms with E-state index in [-0.39, 0.29) is 0 Å². The number of aromatic hydroxyl groups is 1. The molecular formula is C16H18OS. The van der Waals surface area contributed by atoms with Crippen molar-refractivity contribution < 1.29 is 5.11 Å². The average Bonchev–Trinajstić information content (AvgIpc) is 2.94. The molecule has 0 saturated heterocycles. The van der Waals surface area contributed by atoms with Crippen LogP contribution in [0.15, 0.2) is 35.7 Å². The summed E-state index contributed by atoms with van der Waals surface area (Å²) in [6.07, 6.45) is 6.39. The Morgan fingerprint density at radius 2 is 1.89 bits per heavy atom. The van der Waals surface area contributed by atoms with Crippen molar-refractivity contribution in [3.8, 4) is 16.2 Å². The van der Waals surface area contributed by atoms with Crippen molar-refractivity contribution in [2.75, 3.05) is 0 Å². The number of hydrogen-bond donors (Lipinski definition) is 1. The van der Waals surface area contributed by atoms with Crippen LogP contribution in [-0.4, -0.2) is 5.11 Å². The summed E-state index contributed by atoms with van der Waals surface area (Å²) in [4.78, 5) is 1.28. The largest absolute Gasteiger partial charge is 0.508 e. The lowest BCUT2D eigenvalue weighted by Crippen LogP contribution is -2.04. The Morgan fingerprint density at radius 1 is 1.06 bits per heavy atom. The van der Waals surface area contributed by atoms with Gasteiger partial charge in [0.2, 0.25) is 0 Å². The normalized spacial score (nSPS) is 16.9.